The maximum absolute atomic E-state index is 11.6. The van der Waals surface area contributed by atoms with Crippen molar-refractivity contribution in [2.75, 3.05) is 0 Å². The highest BCUT2D eigenvalue weighted by molar-refractivity contribution is 5.96. The number of rotatable bonds is 6. The van der Waals surface area contributed by atoms with E-state index in [0.717, 1.165) is 0 Å². The largest absolute Gasteiger partial charge is 0.508 e. The molecular formula is C48H34O8. The number of aromatic hydroxyl groups is 8. The van der Waals surface area contributed by atoms with E-state index in [1.165, 1.54) is 0 Å². The van der Waals surface area contributed by atoms with Crippen LogP contribution in [0.3, 0.4) is 0 Å². The van der Waals surface area contributed by atoms with Gasteiger partial charge in [0.2, 0.25) is 0 Å². The van der Waals surface area contributed by atoms with Gasteiger partial charge in [-0.3, -0.25) is 0 Å². The van der Waals surface area contributed by atoms with Gasteiger partial charge < -0.3 is 40.9 Å². The lowest BCUT2D eigenvalue weighted by Crippen LogP contribution is -2.09. The van der Waals surface area contributed by atoms with E-state index in [-0.39, 0.29) is 46.0 Å². The quantitative estimate of drug-likeness (QED) is 0.0782. The van der Waals surface area contributed by atoms with Gasteiger partial charge in [-0.2, -0.15) is 0 Å². The molecular weight excluding hydrogens is 705 g/mol. The monoisotopic (exact) mass is 738 g/mol. The second-order valence-electron chi connectivity index (χ2n) is 14.1. The Morgan fingerprint density at radius 2 is 0.482 bits per heavy atom. The first-order valence-electron chi connectivity index (χ1n) is 17.9. The van der Waals surface area contributed by atoms with Gasteiger partial charge in [0.15, 0.2) is 0 Å². The highest BCUT2D eigenvalue weighted by Crippen LogP contribution is 2.50. The summed E-state index contributed by atoms with van der Waals surface area (Å²) in [5, 5.41) is 93.3. The first-order chi connectivity index (χ1) is 27.0. The van der Waals surface area contributed by atoms with Crippen LogP contribution in [0, 0.1) is 0 Å². The van der Waals surface area contributed by atoms with Crippen LogP contribution < -0.4 is 0 Å². The number of hydrogen-bond donors (Lipinski definition) is 8. The zero-order chi connectivity index (χ0) is 38.8. The molecule has 0 amide bonds. The van der Waals surface area contributed by atoms with Gasteiger partial charge in [-0.25, -0.2) is 0 Å². The molecule has 9 aromatic carbocycles. The van der Waals surface area contributed by atoms with Crippen molar-refractivity contribution < 1.29 is 40.9 Å². The molecule has 0 heterocycles. The van der Waals surface area contributed by atoms with Crippen LogP contribution in [0.25, 0.3) is 43.1 Å². The lowest BCUT2D eigenvalue weighted by atomic mass is 9.77. The minimum Gasteiger partial charge on any atom is -0.508 e. The van der Waals surface area contributed by atoms with Gasteiger partial charge in [0, 0.05) is 34.1 Å². The zero-order valence-corrected chi connectivity index (χ0v) is 29.6. The van der Waals surface area contributed by atoms with Gasteiger partial charge in [-0.15, -0.1) is 0 Å². The highest BCUT2D eigenvalue weighted by atomic mass is 16.3. The third kappa shape index (κ3) is 5.63. The van der Waals surface area contributed by atoms with Crippen LogP contribution >= 0.6 is 0 Å². The summed E-state index contributed by atoms with van der Waals surface area (Å²) in [7, 11) is 0. The van der Waals surface area contributed by atoms with E-state index >= 15 is 0 Å². The van der Waals surface area contributed by atoms with Crippen molar-refractivity contribution in [1.29, 1.82) is 0 Å². The first kappa shape index (κ1) is 34.2. The average molecular weight is 739 g/mol. The third-order valence-corrected chi connectivity index (χ3v) is 10.8. The maximum Gasteiger partial charge on any atom is 0.120 e. The predicted octanol–water partition coefficient (Wildman–Crippen LogP) is 10.3. The summed E-state index contributed by atoms with van der Waals surface area (Å²) in [6.45, 7) is 0. The Morgan fingerprint density at radius 3 is 0.714 bits per heavy atom. The summed E-state index contributed by atoms with van der Waals surface area (Å²) in [4.78, 5) is 0. The van der Waals surface area contributed by atoms with E-state index in [4.69, 9.17) is 0 Å². The lowest BCUT2D eigenvalue weighted by Gasteiger charge is -2.27. The molecule has 9 aromatic rings. The van der Waals surface area contributed by atoms with Crippen molar-refractivity contribution in [1.82, 2.24) is 0 Å². The highest BCUT2D eigenvalue weighted by Gasteiger charge is 2.30. The molecule has 9 rings (SSSR count). The van der Waals surface area contributed by atoms with Crippen molar-refractivity contribution in [2.45, 2.75) is 11.8 Å². The standard InChI is InChI=1S/C48H34O8/c49-31-9-13-35-27(21-31)5-17-39(53)45(35)43(46-36-14-10-32(50)22-28(36)6-18-40(46)54)25-1-2-26(4-3-25)44(47-37-15-11-33(51)23-29(37)7-19-41(47)55)48-38-16-12-34(52)24-30(38)8-20-42(48)56/h1-24,43-44,49-56H. The number of fused-ring (bicyclic) bond motifs is 4. The molecule has 0 radical (unpaired) electrons. The van der Waals surface area contributed by atoms with Crippen LogP contribution in [0.4, 0.5) is 0 Å². The topological polar surface area (TPSA) is 162 Å². The Labute approximate surface area is 319 Å². The summed E-state index contributed by atoms with van der Waals surface area (Å²) in [6.07, 6.45) is 0. The molecule has 0 spiro atoms. The molecule has 0 aliphatic rings. The van der Waals surface area contributed by atoms with Crippen LogP contribution in [-0.2, 0) is 0 Å². The lowest BCUT2D eigenvalue weighted by molar-refractivity contribution is 0.459. The third-order valence-electron chi connectivity index (χ3n) is 10.8. The minimum atomic E-state index is -0.771. The molecule has 0 saturated carbocycles. The molecule has 0 fully saturated rings. The molecule has 274 valence electrons. The number of hydrogen-bond acceptors (Lipinski definition) is 8. The molecule has 0 bridgehead atoms. The van der Waals surface area contributed by atoms with E-state index < -0.39 is 11.8 Å². The molecule has 0 unspecified atom stereocenters. The molecule has 0 aromatic heterocycles. The second-order valence-corrected chi connectivity index (χ2v) is 14.1. The fraction of sp³-hybridized carbons (Fsp3) is 0.0417. The Balaban J connectivity index is 1.32. The van der Waals surface area contributed by atoms with Crippen LogP contribution in [0.5, 0.6) is 46.0 Å². The average Bonchev–Trinajstić information content (AvgIpc) is 3.18. The normalized spacial score (nSPS) is 11.8. The van der Waals surface area contributed by atoms with Crippen LogP contribution in [0.15, 0.2) is 146 Å². The van der Waals surface area contributed by atoms with Crippen LogP contribution in [0.2, 0.25) is 0 Å². The SMILES string of the molecule is Oc1ccc2c(C(c3ccc(C(c4c(O)ccc5cc(O)ccc45)c4c(O)ccc5cc(O)ccc45)cc3)c3c(O)ccc4cc(O)ccc34)c(O)ccc2c1. The molecule has 0 aliphatic heterocycles. The number of benzene rings is 9. The fourth-order valence-electron chi connectivity index (χ4n) is 8.37. The Morgan fingerprint density at radius 1 is 0.250 bits per heavy atom. The van der Waals surface area contributed by atoms with E-state index in [2.05, 4.69) is 0 Å². The van der Waals surface area contributed by atoms with Crippen LogP contribution in [0.1, 0.15) is 45.2 Å². The van der Waals surface area contributed by atoms with Gasteiger partial charge in [0.25, 0.3) is 0 Å². The second kappa shape index (κ2) is 13.1. The Hall–Kier alpha value is -7.58. The Bertz CT molecular complexity index is 2640. The molecule has 8 nitrogen and oxygen atoms in total. The van der Waals surface area contributed by atoms with Crippen molar-refractivity contribution >= 4 is 43.1 Å². The molecule has 56 heavy (non-hydrogen) atoms. The fourth-order valence-corrected chi connectivity index (χ4v) is 8.37. The summed E-state index contributed by atoms with van der Waals surface area (Å²) in [5.41, 5.74) is 3.31. The van der Waals surface area contributed by atoms with E-state index in [1.54, 1.807) is 121 Å². The molecule has 0 saturated heterocycles. The summed E-state index contributed by atoms with van der Waals surface area (Å²) < 4.78 is 0. The van der Waals surface area contributed by atoms with E-state index in [1.807, 2.05) is 24.3 Å². The van der Waals surface area contributed by atoms with Gasteiger partial charge in [0.1, 0.15) is 46.0 Å². The molecule has 0 aliphatic carbocycles. The zero-order valence-electron chi connectivity index (χ0n) is 29.6. The summed E-state index contributed by atoms with van der Waals surface area (Å²) in [6, 6.07) is 40.2. The minimum absolute atomic E-state index is 0.0295. The number of phenols is 8. The van der Waals surface area contributed by atoms with E-state index in [0.29, 0.717) is 76.5 Å². The van der Waals surface area contributed by atoms with Gasteiger partial charge >= 0.3 is 0 Å². The van der Waals surface area contributed by atoms with Crippen molar-refractivity contribution in [3.63, 3.8) is 0 Å². The molecule has 8 heteroatoms. The van der Waals surface area contributed by atoms with Crippen LogP contribution in [-0.4, -0.2) is 40.9 Å². The summed E-state index contributed by atoms with van der Waals surface area (Å²) >= 11 is 0. The molecule has 8 N–H and O–H groups in total. The first-order valence-corrected chi connectivity index (χ1v) is 17.9. The Kier molecular flexibility index (Phi) is 7.98. The van der Waals surface area contributed by atoms with Crippen molar-refractivity contribution in [3.05, 3.63) is 179 Å². The van der Waals surface area contributed by atoms with Gasteiger partial charge in [0.05, 0.1) is 0 Å². The number of phenolic OH excluding ortho intramolecular Hbond substituents is 8. The molecule has 0 atom stereocenters. The maximum atomic E-state index is 11.6. The van der Waals surface area contributed by atoms with Gasteiger partial charge in [-0.05, 0) is 127 Å². The predicted molar refractivity (Wildman–Crippen MR) is 217 cm³/mol. The van der Waals surface area contributed by atoms with E-state index in [9.17, 15) is 40.9 Å². The van der Waals surface area contributed by atoms with Crippen molar-refractivity contribution in [2.24, 2.45) is 0 Å². The van der Waals surface area contributed by atoms with Gasteiger partial charge in [-0.1, -0.05) is 72.8 Å². The smallest absolute Gasteiger partial charge is 0.120 e. The summed E-state index contributed by atoms with van der Waals surface area (Å²) in [5.74, 6) is -1.43. The van der Waals surface area contributed by atoms with Crippen molar-refractivity contribution in [3.8, 4) is 46.0 Å².